The van der Waals surface area contributed by atoms with E-state index in [1.54, 1.807) is 26.2 Å². The minimum absolute atomic E-state index is 0.0223. The van der Waals surface area contributed by atoms with Gasteiger partial charge in [-0.1, -0.05) is 49.2 Å². The van der Waals surface area contributed by atoms with Crippen molar-refractivity contribution < 1.29 is 9.90 Å². The lowest BCUT2D eigenvalue weighted by Crippen LogP contribution is -2.35. The number of nitrogens with zero attached hydrogens (tertiary/aromatic N) is 1. The lowest BCUT2D eigenvalue weighted by atomic mass is 9.80. The quantitative estimate of drug-likeness (QED) is 0.357. The Kier molecular flexibility index (Phi) is 6.72. The lowest BCUT2D eigenvalue weighted by molar-refractivity contribution is 0.0824. The minimum atomic E-state index is -0.557. The fourth-order valence-corrected chi connectivity index (χ4v) is 4.50. The Balaban J connectivity index is 1.70. The van der Waals surface area contributed by atoms with E-state index in [-0.39, 0.29) is 46.2 Å². The van der Waals surface area contributed by atoms with Crippen LogP contribution in [0.25, 0.3) is 0 Å². The maximum Gasteiger partial charge on any atom is 0.288 e. The molecule has 34 heavy (non-hydrogen) atoms. The molecule has 3 aromatic rings. The van der Waals surface area contributed by atoms with Crippen LogP contribution in [0.4, 0.5) is 17.1 Å². The highest BCUT2D eigenvalue weighted by atomic mass is 16.3. The molecule has 0 spiro atoms. The molecule has 1 aliphatic rings. The van der Waals surface area contributed by atoms with Crippen molar-refractivity contribution in [1.29, 1.82) is 0 Å². The van der Waals surface area contributed by atoms with Gasteiger partial charge in [0, 0.05) is 26.1 Å². The molecule has 1 aliphatic carbocycles. The van der Waals surface area contributed by atoms with Crippen molar-refractivity contribution in [2.75, 3.05) is 24.7 Å². The van der Waals surface area contributed by atoms with E-state index in [0.717, 1.165) is 25.7 Å². The van der Waals surface area contributed by atoms with E-state index in [1.807, 2.05) is 18.2 Å². The highest BCUT2D eigenvalue weighted by Crippen LogP contribution is 2.36. The monoisotopic (exact) mass is 463 g/mol. The van der Waals surface area contributed by atoms with E-state index in [1.165, 1.54) is 16.5 Å². The van der Waals surface area contributed by atoms with E-state index in [9.17, 15) is 19.5 Å². The number of para-hydroxylation sites is 1. The number of benzene rings is 2. The summed E-state index contributed by atoms with van der Waals surface area (Å²) in [5.41, 5.74) is 0.448. The zero-order valence-corrected chi connectivity index (χ0v) is 19.2. The summed E-state index contributed by atoms with van der Waals surface area (Å²) >= 11 is 0. The van der Waals surface area contributed by atoms with Gasteiger partial charge in [0.25, 0.3) is 17.0 Å². The molecular formula is C25H29N5O4. The summed E-state index contributed by atoms with van der Waals surface area (Å²) in [6.07, 6.45) is 3.93. The number of hydrogen-bond acceptors (Lipinski definition) is 6. The van der Waals surface area contributed by atoms with Gasteiger partial charge in [-0.3, -0.25) is 24.6 Å². The average molecular weight is 464 g/mol. The molecule has 4 rings (SSSR count). The second-order valence-corrected chi connectivity index (χ2v) is 8.74. The Morgan fingerprint density at radius 2 is 1.62 bits per heavy atom. The number of aromatic nitrogens is 2. The molecule has 2 atom stereocenters. The first-order valence-corrected chi connectivity index (χ1v) is 11.3. The molecule has 2 aromatic carbocycles. The second kappa shape index (κ2) is 9.86. The normalized spacial score (nSPS) is 17.7. The van der Waals surface area contributed by atoms with Crippen LogP contribution in [0.5, 0.6) is 5.75 Å². The molecule has 0 radical (unpaired) electrons. The van der Waals surface area contributed by atoms with E-state index in [0.29, 0.717) is 0 Å². The molecule has 1 aromatic heterocycles. The molecule has 2 unspecified atom stereocenters. The van der Waals surface area contributed by atoms with E-state index in [2.05, 4.69) is 33.0 Å². The maximum atomic E-state index is 12.8. The Hall–Kier alpha value is -4.01. The highest BCUT2D eigenvalue weighted by molar-refractivity contribution is 5.98. The fraction of sp³-hybridized carbons (Fsp3) is 0.320. The van der Waals surface area contributed by atoms with Gasteiger partial charge in [0.1, 0.15) is 11.4 Å². The van der Waals surface area contributed by atoms with Crippen LogP contribution in [-0.2, 0) is 0 Å². The summed E-state index contributed by atoms with van der Waals surface area (Å²) < 4.78 is 0. The first kappa shape index (κ1) is 23.2. The average Bonchev–Trinajstić information content (AvgIpc) is 2.85. The van der Waals surface area contributed by atoms with Crippen LogP contribution in [-0.4, -0.2) is 46.2 Å². The Morgan fingerprint density at radius 3 is 2.32 bits per heavy atom. The largest absolute Gasteiger partial charge is 0.505 e. The van der Waals surface area contributed by atoms with Crippen LogP contribution in [0.15, 0.2) is 58.1 Å². The number of phenolic OH excluding ortho intramolecular Hbond substituents is 1. The van der Waals surface area contributed by atoms with Crippen molar-refractivity contribution in [1.82, 2.24) is 15.1 Å². The Bertz CT molecular complexity index is 1280. The second-order valence-electron chi connectivity index (χ2n) is 8.74. The van der Waals surface area contributed by atoms with Gasteiger partial charge in [0.05, 0.1) is 11.3 Å². The number of carbonyl (C=O) groups is 1. The zero-order chi connectivity index (χ0) is 24.2. The van der Waals surface area contributed by atoms with Gasteiger partial charge in [0.15, 0.2) is 5.75 Å². The van der Waals surface area contributed by atoms with Crippen molar-refractivity contribution in [3.05, 3.63) is 80.4 Å². The first-order valence-electron chi connectivity index (χ1n) is 11.3. The van der Waals surface area contributed by atoms with Gasteiger partial charge in [0.2, 0.25) is 0 Å². The zero-order valence-electron chi connectivity index (χ0n) is 19.2. The molecule has 0 bridgehead atoms. The third-order valence-electron chi connectivity index (χ3n) is 6.25. The number of aromatic hydroxyl groups is 1. The molecule has 5 N–H and O–H groups in total. The molecule has 1 amide bonds. The van der Waals surface area contributed by atoms with Crippen molar-refractivity contribution >= 4 is 23.0 Å². The van der Waals surface area contributed by atoms with Crippen LogP contribution in [0, 0.1) is 0 Å². The fourth-order valence-electron chi connectivity index (χ4n) is 4.50. The topological polar surface area (TPSA) is 130 Å². The summed E-state index contributed by atoms with van der Waals surface area (Å²) in [5, 5.41) is 21.6. The molecule has 178 valence electrons. The summed E-state index contributed by atoms with van der Waals surface area (Å²) in [5.74, 6) is -0.491. The van der Waals surface area contributed by atoms with Gasteiger partial charge in [-0.25, -0.2) is 0 Å². The first-order chi connectivity index (χ1) is 16.4. The number of H-pyrrole nitrogens is 2. The Labute approximate surface area is 196 Å². The van der Waals surface area contributed by atoms with Crippen molar-refractivity contribution in [3.8, 4) is 5.75 Å². The molecule has 0 aliphatic heterocycles. The number of aromatic amines is 2. The van der Waals surface area contributed by atoms with Crippen molar-refractivity contribution in [2.45, 2.75) is 37.6 Å². The van der Waals surface area contributed by atoms with Crippen molar-refractivity contribution in [3.63, 3.8) is 0 Å². The summed E-state index contributed by atoms with van der Waals surface area (Å²) in [7, 11) is 3.16. The maximum absolute atomic E-state index is 12.8. The predicted molar refractivity (Wildman–Crippen MR) is 132 cm³/mol. The molecule has 9 heteroatoms. The van der Waals surface area contributed by atoms with Gasteiger partial charge in [-0.15, -0.1) is 0 Å². The highest BCUT2D eigenvalue weighted by Gasteiger charge is 2.28. The molecule has 1 saturated carbocycles. The number of nitrogens with one attached hydrogen (secondary N) is 4. The summed E-state index contributed by atoms with van der Waals surface area (Å²) in [6, 6.07) is 14.7. The number of rotatable bonds is 6. The smallest absolute Gasteiger partial charge is 0.288 e. The standard InChI is InChI=1S/C25H29N5O4/c1-30(2)25(34)17-12-8-14-19(22(17)31)27-21-20(23(32)28-29-24(21)33)26-18-13-7-6-11-16(18)15-9-4-3-5-10-15/h3-5,8-10,12,14,16,18,31H,6-7,11,13H2,1-2H3,(H2,26,29,33)(H2,27,28,32). The lowest BCUT2D eigenvalue weighted by Gasteiger charge is -2.33. The Morgan fingerprint density at radius 1 is 0.941 bits per heavy atom. The van der Waals surface area contributed by atoms with Crippen LogP contribution < -0.4 is 21.8 Å². The third-order valence-corrected chi connectivity index (χ3v) is 6.25. The number of hydrogen-bond donors (Lipinski definition) is 5. The van der Waals surface area contributed by atoms with Crippen LogP contribution >= 0.6 is 0 Å². The summed E-state index contributed by atoms with van der Waals surface area (Å²) in [6.45, 7) is 0. The molecule has 9 nitrogen and oxygen atoms in total. The minimum Gasteiger partial charge on any atom is -0.505 e. The molecule has 1 heterocycles. The van der Waals surface area contributed by atoms with Crippen LogP contribution in [0.2, 0.25) is 0 Å². The van der Waals surface area contributed by atoms with E-state index in [4.69, 9.17) is 0 Å². The van der Waals surface area contributed by atoms with Gasteiger partial charge < -0.3 is 20.6 Å². The molecule has 1 fully saturated rings. The van der Waals surface area contributed by atoms with Crippen LogP contribution in [0.3, 0.4) is 0 Å². The number of amides is 1. The van der Waals surface area contributed by atoms with Gasteiger partial charge in [-0.2, -0.15) is 0 Å². The molecule has 0 saturated heterocycles. The van der Waals surface area contributed by atoms with E-state index < -0.39 is 11.1 Å². The van der Waals surface area contributed by atoms with E-state index >= 15 is 0 Å². The van der Waals surface area contributed by atoms with Gasteiger partial charge >= 0.3 is 0 Å². The number of phenols is 1. The third kappa shape index (κ3) is 4.68. The SMILES string of the molecule is CN(C)C(=O)c1cccc(Nc2c(NC3CCCCC3c3ccccc3)c(=O)[nH][nH]c2=O)c1O. The number of carbonyl (C=O) groups excluding carboxylic acids is 1. The number of anilines is 3. The summed E-state index contributed by atoms with van der Waals surface area (Å²) in [4.78, 5) is 39.3. The predicted octanol–water partition coefficient (Wildman–Crippen LogP) is 3.35. The van der Waals surface area contributed by atoms with Crippen molar-refractivity contribution in [2.24, 2.45) is 0 Å². The van der Waals surface area contributed by atoms with Gasteiger partial charge in [-0.05, 0) is 30.5 Å². The molecular weight excluding hydrogens is 434 g/mol. The van der Waals surface area contributed by atoms with Crippen LogP contribution in [0.1, 0.15) is 47.5 Å².